The van der Waals surface area contributed by atoms with E-state index in [2.05, 4.69) is 0 Å². The lowest BCUT2D eigenvalue weighted by Crippen LogP contribution is -2.29. The molecule has 0 bridgehead atoms. The molecule has 3 N–H and O–H groups in total. The first-order chi connectivity index (χ1) is 9.49. The summed E-state index contributed by atoms with van der Waals surface area (Å²) in [5, 5.41) is 11.1. The highest BCUT2D eigenvalue weighted by Crippen LogP contribution is 2.23. The number of carbonyl (C=O) groups excluding carboxylic acids is 1. The Hall–Kier alpha value is -2.34. The number of carboxylic acid groups (broad SMARTS) is 1. The molecule has 1 aromatic carbocycles. The second-order valence-corrected chi connectivity index (χ2v) is 5.32. The molecule has 0 saturated heterocycles. The summed E-state index contributed by atoms with van der Waals surface area (Å²) < 4.78 is 0. The summed E-state index contributed by atoms with van der Waals surface area (Å²) in [4.78, 5) is 25.7. The molecule has 104 valence electrons. The Morgan fingerprint density at radius 1 is 1.35 bits per heavy atom. The Balaban J connectivity index is 2.26. The summed E-state index contributed by atoms with van der Waals surface area (Å²) in [7, 11) is 1.56. The van der Waals surface area contributed by atoms with E-state index in [1.807, 2.05) is 17.5 Å². The van der Waals surface area contributed by atoms with Gasteiger partial charge in [0.15, 0.2) is 0 Å². The number of hydrogen-bond donors (Lipinski definition) is 2. The maximum atomic E-state index is 12.2. The van der Waals surface area contributed by atoms with E-state index in [9.17, 15) is 14.7 Å². The smallest absolute Gasteiger partial charge is 0.337 e. The zero-order valence-electron chi connectivity index (χ0n) is 10.9. The van der Waals surface area contributed by atoms with Gasteiger partial charge in [0.05, 0.1) is 17.7 Å². The zero-order chi connectivity index (χ0) is 14.7. The molecule has 0 aliphatic carbocycles. The van der Waals surface area contributed by atoms with Gasteiger partial charge in [-0.05, 0) is 29.6 Å². The summed E-state index contributed by atoms with van der Waals surface area (Å²) in [6.45, 7) is 0. The molecule has 0 unspecified atom stereocenters. The minimum atomic E-state index is -1.11. The number of benzene rings is 1. The van der Waals surface area contributed by atoms with Crippen molar-refractivity contribution in [3.63, 3.8) is 0 Å². The number of anilines is 2. The molecular weight excluding hydrogens is 276 g/mol. The molecule has 2 aromatic rings. The summed E-state index contributed by atoms with van der Waals surface area (Å²) in [6, 6.07) is 8.23. The molecule has 0 saturated carbocycles. The van der Waals surface area contributed by atoms with Gasteiger partial charge >= 0.3 is 5.97 Å². The van der Waals surface area contributed by atoms with E-state index in [4.69, 9.17) is 5.73 Å². The number of nitrogen functional groups attached to an aromatic ring is 1. The second-order valence-electron chi connectivity index (χ2n) is 4.29. The molecule has 2 rings (SSSR count). The lowest BCUT2D eigenvalue weighted by Gasteiger charge is -2.19. The largest absolute Gasteiger partial charge is 0.478 e. The Morgan fingerprint density at radius 3 is 2.70 bits per heavy atom. The Labute approximate surface area is 120 Å². The van der Waals surface area contributed by atoms with Gasteiger partial charge in [0.25, 0.3) is 0 Å². The summed E-state index contributed by atoms with van der Waals surface area (Å²) in [5.74, 6) is -1.28. The average molecular weight is 290 g/mol. The van der Waals surface area contributed by atoms with Crippen LogP contribution in [0.3, 0.4) is 0 Å². The molecule has 0 radical (unpaired) electrons. The number of aromatic carboxylic acids is 1. The van der Waals surface area contributed by atoms with Crippen LogP contribution in [0.5, 0.6) is 0 Å². The Morgan fingerprint density at radius 2 is 2.10 bits per heavy atom. The average Bonchev–Trinajstić information content (AvgIpc) is 2.90. The van der Waals surface area contributed by atoms with Crippen molar-refractivity contribution in [1.82, 2.24) is 0 Å². The number of thiophene rings is 1. The standard InChI is InChI=1S/C14H14N2O3S/c1-16(13(17)8-10-3-2-6-20-10)12-5-4-9(15)7-11(12)14(18)19/h2-7H,8,15H2,1H3,(H,18,19). The van der Waals surface area contributed by atoms with E-state index in [0.717, 1.165) is 4.88 Å². The van der Waals surface area contributed by atoms with Gasteiger partial charge in [0, 0.05) is 17.6 Å². The van der Waals surface area contributed by atoms with Crippen molar-refractivity contribution < 1.29 is 14.7 Å². The van der Waals surface area contributed by atoms with E-state index in [1.54, 1.807) is 19.2 Å². The van der Waals surface area contributed by atoms with Crippen molar-refractivity contribution in [3.8, 4) is 0 Å². The number of likely N-dealkylation sites (N-methyl/N-ethyl adjacent to an activating group) is 1. The van der Waals surface area contributed by atoms with E-state index < -0.39 is 5.97 Å². The molecule has 1 amide bonds. The van der Waals surface area contributed by atoms with E-state index >= 15 is 0 Å². The summed E-state index contributed by atoms with van der Waals surface area (Å²) >= 11 is 1.49. The summed E-state index contributed by atoms with van der Waals surface area (Å²) in [5.41, 5.74) is 6.30. The SMILES string of the molecule is CN(C(=O)Cc1cccs1)c1ccc(N)cc1C(=O)O. The highest BCUT2D eigenvalue weighted by molar-refractivity contribution is 7.10. The number of nitrogens with zero attached hydrogens (tertiary/aromatic N) is 1. The minimum absolute atomic E-state index is 0.0204. The molecule has 0 fully saturated rings. The highest BCUT2D eigenvalue weighted by atomic mass is 32.1. The fraction of sp³-hybridized carbons (Fsp3) is 0.143. The van der Waals surface area contributed by atoms with E-state index in [0.29, 0.717) is 11.4 Å². The van der Waals surface area contributed by atoms with Crippen molar-refractivity contribution in [1.29, 1.82) is 0 Å². The van der Waals surface area contributed by atoms with Crippen LogP contribution in [0, 0.1) is 0 Å². The molecule has 0 atom stereocenters. The van der Waals surface area contributed by atoms with E-state index in [1.165, 1.54) is 22.3 Å². The first-order valence-corrected chi connectivity index (χ1v) is 6.78. The molecule has 20 heavy (non-hydrogen) atoms. The first kappa shape index (κ1) is 14.1. The van der Waals surface area contributed by atoms with Gasteiger partial charge in [-0.25, -0.2) is 4.79 Å². The molecule has 5 nitrogen and oxygen atoms in total. The maximum absolute atomic E-state index is 12.2. The number of rotatable bonds is 4. The van der Waals surface area contributed by atoms with Crippen molar-refractivity contribution in [2.24, 2.45) is 0 Å². The molecule has 0 aliphatic rings. The van der Waals surface area contributed by atoms with Gasteiger partial charge in [0.1, 0.15) is 0 Å². The monoisotopic (exact) mass is 290 g/mol. The van der Waals surface area contributed by atoms with E-state index in [-0.39, 0.29) is 17.9 Å². The number of hydrogen-bond acceptors (Lipinski definition) is 4. The molecular formula is C14H14N2O3S. The zero-order valence-corrected chi connectivity index (χ0v) is 11.7. The first-order valence-electron chi connectivity index (χ1n) is 5.91. The van der Waals surface area contributed by atoms with Gasteiger partial charge in [0.2, 0.25) is 5.91 Å². The number of nitrogens with two attached hydrogens (primary N) is 1. The minimum Gasteiger partial charge on any atom is -0.478 e. The number of carbonyl (C=O) groups is 2. The van der Waals surface area contributed by atoms with Gasteiger partial charge in [-0.1, -0.05) is 6.07 Å². The van der Waals surface area contributed by atoms with Crippen LogP contribution in [-0.2, 0) is 11.2 Å². The van der Waals surface area contributed by atoms with Crippen molar-refractivity contribution in [2.75, 3.05) is 17.7 Å². The predicted molar refractivity (Wildman–Crippen MR) is 79.2 cm³/mol. The van der Waals surface area contributed by atoms with Gasteiger partial charge in [-0.3, -0.25) is 4.79 Å². The highest BCUT2D eigenvalue weighted by Gasteiger charge is 2.19. The second kappa shape index (κ2) is 5.75. The van der Waals surface area contributed by atoms with Crippen LogP contribution >= 0.6 is 11.3 Å². The fourth-order valence-corrected chi connectivity index (χ4v) is 2.53. The van der Waals surface area contributed by atoms with Crippen molar-refractivity contribution in [3.05, 3.63) is 46.2 Å². The normalized spacial score (nSPS) is 10.2. The molecule has 0 aliphatic heterocycles. The van der Waals surface area contributed by atoms with Crippen LogP contribution in [-0.4, -0.2) is 24.0 Å². The number of carboxylic acids is 1. The van der Waals surface area contributed by atoms with Crippen molar-refractivity contribution >= 4 is 34.6 Å². The van der Waals surface area contributed by atoms with Crippen LogP contribution in [0.1, 0.15) is 15.2 Å². The van der Waals surface area contributed by atoms with Crippen LogP contribution < -0.4 is 10.6 Å². The topological polar surface area (TPSA) is 83.6 Å². The molecule has 0 spiro atoms. The van der Waals surface area contributed by atoms with Crippen LogP contribution in [0.15, 0.2) is 35.7 Å². The third-order valence-corrected chi connectivity index (χ3v) is 3.77. The lowest BCUT2D eigenvalue weighted by atomic mass is 10.1. The predicted octanol–water partition coefficient (Wildman–Crippen LogP) is 2.23. The van der Waals surface area contributed by atoms with Crippen LogP contribution in [0.2, 0.25) is 0 Å². The number of amides is 1. The van der Waals surface area contributed by atoms with Gasteiger partial charge in [-0.2, -0.15) is 0 Å². The summed E-state index contributed by atoms with van der Waals surface area (Å²) in [6.07, 6.45) is 0.248. The molecule has 1 heterocycles. The Bertz CT molecular complexity index is 638. The molecule has 6 heteroatoms. The maximum Gasteiger partial charge on any atom is 0.337 e. The Kier molecular flexibility index (Phi) is 4.05. The van der Waals surface area contributed by atoms with Gasteiger partial charge < -0.3 is 15.7 Å². The fourth-order valence-electron chi connectivity index (χ4n) is 1.83. The van der Waals surface area contributed by atoms with Crippen LogP contribution in [0.4, 0.5) is 11.4 Å². The molecule has 1 aromatic heterocycles. The van der Waals surface area contributed by atoms with Crippen molar-refractivity contribution in [2.45, 2.75) is 6.42 Å². The third kappa shape index (κ3) is 2.97. The third-order valence-electron chi connectivity index (χ3n) is 2.89. The van der Waals surface area contributed by atoms with Gasteiger partial charge in [-0.15, -0.1) is 11.3 Å². The quantitative estimate of drug-likeness (QED) is 0.846. The lowest BCUT2D eigenvalue weighted by molar-refractivity contribution is -0.117. The van der Waals surface area contributed by atoms with Crippen LogP contribution in [0.25, 0.3) is 0 Å².